The van der Waals surface area contributed by atoms with E-state index in [0.29, 0.717) is 32.7 Å². The summed E-state index contributed by atoms with van der Waals surface area (Å²) in [6.45, 7) is 7.36. The SMILES string of the molecule is COCCN(CC(=O)N(CCc1c[nH]c2ccccc12)Cc1ccc(OC)cc1)C(=O)C(C)(C)C. The van der Waals surface area contributed by atoms with Crippen LogP contribution in [0.5, 0.6) is 5.75 Å². The fraction of sp³-hybridized carbons (Fsp3) is 0.429. The number of fused-ring (bicyclic) bond motifs is 1. The van der Waals surface area contributed by atoms with Gasteiger partial charge in [-0.05, 0) is 35.7 Å². The molecule has 3 aromatic rings. The average molecular weight is 480 g/mol. The first-order chi connectivity index (χ1) is 16.7. The van der Waals surface area contributed by atoms with Gasteiger partial charge in [-0.25, -0.2) is 0 Å². The second-order valence-electron chi connectivity index (χ2n) is 9.74. The van der Waals surface area contributed by atoms with Crippen LogP contribution in [0.15, 0.2) is 54.7 Å². The molecule has 0 bridgehead atoms. The lowest BCUT2D eigenvalue weighted by Crippen LogP contribution is -2.47. The van der Waals surface area contributed by atoms with Gasteiger partial charge >= 0.3 is 0 Å². The molecule has 188 valence electrons. The Kier molecular flexibility index (Phi) is 8.93. The smallest absolute Gasteiger partial charge is 0.242 e. The maximum absolute atomic E-state index is 13.6. The molecule has 0 aliphatic carbocycles. The molecule has 1 N–H and O–H groups in total. The first-order valence-electron chi connectivity index (χ1n) is 12.0. The van der Waals surface area contributed by atoms with Crippen molar-refractivity contribution in [3.63, 3.8) is 0 Å². The van der Waals surface area contributed by atoms with Crippen LogP contribution in [0, 0.1) is 5.41 Å². The highest BCUT2D eigenvalue weighted by atomic mass is 16.5. The third kappa shape index (κ3) is 7.09. The molecule has 0 aliphatic rings. The molecule has 7 nitrogen and oxygen atoms in total. The second kappa shape index (κ2) is 11.9. The minimum Gasteiger partial charge on any atom is -0.497 e. The van der Waals surface area contributed by atoms with Gasteiger partial charge in [0.15, 0.2) is 0 Å². The molecule has 0 fully saturated rings. The minimum absolute atomic E-state index is 0.0174. The monoisotopic (exact) mass is 479 g/mol. The molecule has 7 heteroatoms. The average Bonchev–Trinajstić information content (AvgIpc) is 3.26. The number of para-hydroxylation sites is 1. The fourth-order valence-electron chi connectivity index (χ4n) is 4.03. The van der Waals surface area contributed by atoms with E-state index in [0.717, 1.165) is 27.8 Å². The van der Waals surface area contributed by atoms with Gasteiger partial charge in [0.1, 0.15) is 5.75 Å². The highest BCUT2D eigenvalue weighted by Gasteiger charge is 2.29. The largest absolute Gasteiger partial charge is 0.497 e. The molecule has 2 aromatic carbocycles. The summed E-state index contributed by atoms with van der Waals surface area (Å²) >= 11 is 0. The second-order valence-corrected chi connectivity index (χ2v) is 9.74. The van der Waals surface area contributed by atoms with Crippen molar-refractivity contribution in [2.45, 2.75) is 33.7 Å². The molecule has 3 rings (SSSR count). The standard InChI is InChI=1S/C28H37N3O4/c1-28(2,3)27(33)31(16-17-34-4)20-26(32)30(19-21-10-12-23(35-5)13-11-21)15-14-22-18-29-25-9-7-6-8-24(22)25/h6-13,18,29H,14-17,19-20H2,1-5H3. The Labute approximate surface area is 208 Å². The van der Waals surface area contributed by atoms with E-state index < -0.39 is 5.41 Å². The number of nitrogens with zero attached hydrogens (tertiary/aromatic N) is 2. The molecule has 1 heterocycles. The number of carbonyl (C=O) groups is 2. The third-order valence-electron chi connectivity index (χ3n) is 6.03. The van der Waals surface area contributed by atoms with Gasteiger partial charge in [-0.1, -0.05) is 51.1 Å². The molecule has 0 saturated heterocycles. The number of carbonyl (C=O) groups excluding carboxylic acids is 2. The summed E-state index contributed by atoms with van der Waals surface area (Å²) in [5.74, 6) is 0.616. The molecule has 0 radical (unpaired) electrons. The van der Waals surface area contributed by atoms with Gasteiger partial charge in [-0.3, -0.25) is 9.59 Å². The van der Waals surface area contributed by atoms with Crippen molar-refractivity contribution < 1.29 is 19.1 Å². The lowest BCUT2D eigenvalue weighted by atomic mass is 9.94. The summed E-state index contributed by atoms with van der Waals surface area (Å²) in [6, 6.07) is 15.9. The Morgan fingerprint density at radius 3 is 2.31 bits per heavy atom. The first kappa shape index (κ1) is 26.3. The van der Waals surface area contributed by atoms with Gasteiger partial charge in [0.2, 0.25) is 11.8 Å². The minimum atomic E-state index is -0.584. The normalized spacial score (nSPS) is 11.5. The van der Waals surface area contributed by atoms with Crippen molar-refractivity contribution in [1.82, 2.24) is 14.8 Å². The molecular weight excluding hydrogens is 442 g/mol. The Bertz CT molecular complexity index is 1120. The van der Waals surface area contributed by atoms with Crippen molar-refractivity contribution in [2.24, 2.45) is 5.41 Å². The molecule has 0 atom stereocenters. The predicted octanol–water partition coefficient (Wildman–Crippen LogP) is 4.27. The molecule has 0 spiro atoms. The van der Waals surface area contributed by atoms with Crippen molar-refractivity contribution in [3.05, 3.63) is 65.9 Å². The zero-order valence-electron chi connectivity index (χ0n) is 21.5. The quantitative estimate of drug-likeness (QED) is 0.446. The van der Waals surface area contributed by atoms with E-state index in [1.807, 2.05) is 74.3 Å². The van der Waals surface area contributed by atoms with E-state index in [1.54, 1.807) is 19.1 Å². The van der Waals surface area contributed by atoms with Crippen LogP contribution in [0.2, 0.25) is 0 Å². The molecule has 0 aliphatic heterocycles. The van der Waals surface area contributed by atoms with Crippen molar-refractivity contribution in [1.29, 1.82) is 0 Å². The first-order valence-corrected chi connectivity index (χ1v) is 12.0. The van der Waals surface area contributed by atoms with Gasteiger partial charge in [0.25, 0.3) is 0 Å². The van der Waals surface area contributed by atoms with Crippen LogP contribution in [0.4, 0.5) is 0 Å². The summed E-state index contributed by atoms with van der Waals surface area (Å²) in [5.41, 5.74) is 2.66. The fourth-order valence-corrected chi connectivity index (χ4v) is 4.03. The van der Waals surface area contributed by atoms with Crippen molar-refractivity contribution >= 4 is 22.7 Å². The van der Waals surface area contributed by atoms with Crippen LogP contribution >= 0.6 is 0 Å². The van der Waals surface area contributed by atoms with E-state index in [1.165, 1.54) is 0 Å². The number of hydrogen-bond acceptors (Lipinski definition) is 4. The molecule has 0 unspecified atom stereocenters. The van der Waals surface area contributed by atoms with Crippen LogP contribution < -0.4 is 4.74 Å². The molecule has 0 saturated carbocycles. The van der Waals surface area contributed by atoms with Gasteiger partial charge in [0.05, 0.1) is 20.3 Å². The Balaban J connectivity index is 1.80. The summed E-state index contributed by atoms with van der Waals surface area (Å²) in [5, 5.41) is 1.16. The topological polar surface area (TPSA) is 74.9 Å². The van der Waals surface area contributed by atoms with Crippen LogP contribution in [0.1, 0.15) is 31.9 Å². The van der Waals surface area contributed by atoms with E-state index in [4.69, 9.17) is 9.47 Å². The number of aromatic amines is 1. The van der Waals surface area contributed by atoms with Crippen molar-refractivity contribution in [3.8, 4) is 5.75 Å². The number of hydrogen-bond donors (Lipinski definition) is 1. The number of ether oxygens (including phenoxy) is 2. The zero-order chi connectivity index (χ0) is 25.4. The van der Waals surface area contributed by atoms with Crippen LogP contribution in [-0.2, 0) is 27.3 Å². The van der Waals surface area contributed by atoms with E-state index >= 15 is 0 Å². The lowest BCUT2D eigenvalue weighted by molar-refractivity contribution is -0.146. The number of amides is 2. The maximum atomic E-state index is 13.6. The highest BCUT2D eigenvalue weighted by Crippen LogP contribution is 2.21. The van der Waals surface area contributed by atoms with Crippen LogP contribution in [-0.4, -0.2) is 67.1 Å². The van der Waals surface area contributed by atoms with Gasteiger partial charge in [0, 0.05) is 49.3 Å². The van der Waals surface area contributed by atoms with Gasteiger partial charge in [-0.15, -0.1) is 0 Å². The summed E-state index contributed by atoms with van der Waals surface area (Å²) in [4.78, 5) is 33.3. The Morgan fingerprint density at radius 1 is 0.943 bits per heavy atom. The molecule has 1 aromatic heterocycles. The van der Waals surface area contributed by atoms with Crippen molar-refractivity contribution in [2.75, 3.05) is 40.5 Å². The number of benzene rings is 2. The molecular formula is C28H37N3O4. The maximum Gasteiger partial charge on any atom is 0.242 e. The third-order valence-corrected chi connectivity index (χ3v) is 6.03. The summed E-state index contributed by atoms with van der Waals surface area (Å²) < 4.78 is 10.5. The van der Waals surface area contributed by atoms with Gasteiger partial charge in [-0.2, -0.15) is 0 Å². The van der Waals surface area contributed by atoms with E-state index in [-0.39, 0.29) is 18.4 Å². The number of methoxy groups -OCH3 is 2. The van der Waals surface area contributed by atoms with E-state index in [9.17, 15) is 9.59 Å². The van der Waals surface area contributed by atoms with E-state index in [2.05, 4.69) is 11.1 Å². The summed E-state index contributed by atoms with van der Waals surface area (Å²) in [7, 11) is 3.23. The number of rotatable bonds is 11. The number of aromatic nitrogens is 1. The Hall–Kier alpha value is -3.32. The zero-order valence-corrected chi connectivity index (χ0v) is 21.5. The number of H-pyrrole nitrogens is 1. The molecule has 35 heavy (non-hydrogen) atoms. The Morgan fingerprint density at radius 2 is 1.66 bits per heavy atom. The predicted molar refractivity (Wildman–Crippen MR) is 138 cm³/mol. The summed E-state index contributed by atoms with van der Waals surface area (Å²) in [6.07, 6.45) is 2.71. The van der Waals surface area contributed by atoms with Crippen LogP contribution in [0.25, 0.3) is 10.9 Å². The van der Waals surface area contributed by atoms with Crippen LogP contribution in [0.3, 0.4) is 0 Å². The van der Waals surface area contributed by atoms with Gasteiger partial charge < -0.3 is 24.3 Å². The lowest BCUT2D eigenvalue weighted by Gasteiger charge is -2.31. The molecule has 2 amide bonds. The highest BCUT2D eigenvalue weighted by molar-refractivity contribution is 5.87. The number of nitrogens with one attached hydrogen (secondary N) is 1.